The van der Waals surface area contributed by atoms with Gasteiger partial charge in [-0.1, -0.05) is 0 Å². The minimum absolute atomic E-state index is 0. The van der Waals surface area contributed by atoms with Gasteiger partial charge in [-0.3, -0.25) is 4.57 Å². The van der Waals surface area contributed by atoms with E-state index in [2.05, 4.69) is 0 Å². The molecule has 0 saturated heterocycles. The molecule has 0 saturated carbocycles. The summed E-state index contributed by atoms with van der Waals surface area (Å²) in [7, 11) is -5.39. The van der Waals surface area contributed by atoms with E-state index >= 15 is 0 Å². The topological polar surface area (TPSA) is 60.4 Å². The summed E-state index contributed by atoms with van der Waals surface area (Å²) in [6.07, 6.45) is 0. The monoisotopic (exact) mass is 158 g/mol. The first-order valence-corrected chi connectivity index (χ1v) is 2.20. The van der Waals surface area contributed by atoms with Crippen LogP contribution in [0.25, 0.3) is 0 Å². The van der Waals surface area contributed by atoms with Gasteiger partial charge in [-0.05, 0) is 0 Å². The second-order valence-electron chi connectivity index (χ2n) is 0.451. The third-order valence-electron chi connectivity index (χ3n) is 0. The second kappa shape index (κ2) is 5.41. The molecule has 0 bridgehead atoms. The molecule has 0 fully saturated rings. The van der Waals surface area contributed by atoms with Gasteiger partial charge >= 0.3 is 45.6 Å². The van der Waals surface area contributed by atoms with Crippen LogP contribution in [0.5, 0.6) is 0 Å². The molecule has 0 amide bonds. The fourth-order valence-electron chi connectivity index (χ4n) is 0. The third kappa shape index (κ3) is 125. The summed E-state index contributed by atoms with van der Waals surface area (Å²) in [4.78, 5) is 15.4. The van der Waals surface area contributed by atoms with Gasteiger partial charge in [-0.15, -0.1) is 0 Å². The molecule has 0 aliphatic rings. The SMILES string of the molecule is O=P([O-])(O)F.[Ca+2].[F-]. The van der Waals surface area contributed by atoms with Crippen molar-refractivity contribution in [1.29, 1.82) is 0 Å². The minimum atomic E-state index is -5.39. The van der Waals surface area contributed by atoms with Crippen molar-refractivity contribution in [2.45, 2.75) is 0 Å². The molecule has 40 valence electrons. The van der Waals surface area contributed by atoms with Crippen LogP contribution in [0.2, 0.25) is 0 Å². The standard InChI is InChI=1S/Ca.FH2O3P.FH/c;1-5(2,3)4;/h;(H2,2,3,4);1H/q+2;;/p-2. The molecule has 0 spiro atoms. The summed E-state index contributed by atoms with van der Waals surface area (Å²) in [5, 5.41) is 0. The van der Waals surface area contributed by atoms with Gasteiger partial charge in [-0.25, -0.2) is 0 Å². The van der Waals surface area contributed by atoms with Gasteiger partial charge in [0.15, 0.2) is 0 Å². The van der Waals surface area contributed by atoms with E-state index in [1.54, 1.807) is 0 Å². The maximum Gasteiger partial charge on any atom is 2.00 e. The smallest absolute Gasteiger partial charge is 1.00 e. The molecule has 0 aliphatic heterocycles. The van der Waals surface area contributed by atoms with Crippen LogP contribution < -0.4 is 9.60 Å². The first kappa shape index (κ1) is 15.7. The van der Waals surface area contributed by atoms with Crippen LogP contribution in [-0.2, 0) is 4.57 Å². The summed E-state index contributed by atoms with van der Waals surface area (Å²) in [6.45, 7) is 0. The Morgan fingerprint density at radius 2 is 1.71 bits per heavy atom. The van der Waals surface area contributed by atoms with Crippen molar-refractivity contribution in [2.24, 2.45) is 0 Å². The van der Waals surface area contributed by atoms with Crippen LogP contribution in [0.15, 0.2) is 0 Å². The predicted octanol–water partition coefficient (Wildman–Crippen LogP) is -3.96. The zero-order valence-corrected chi connectivity index (χ0v) is 6.28. The molecule has 7 heavy (non-hydrogen) atoms. The summed E-state index contributed by atoms with van der Waals surface area (Å²) in [6, 6.07) is 0. The Kier molecular flexibility index (Phi) is 12.2. The van der Waals surface area contributed by atoms with E-state index in [1.807, 2.05) is 0 Å². The van der Waals surface area contributed by atoms with E-state index in [0.29, 0.717) is 0 Å². The largest absolute Gasteiger partial charge is 2.00 e. The van der Waals surface area contributed by atoms with Gasteiger partial charge in [0.2, 0.25) is 0 Å². The summed E-state index contributed by atoms with van der Waals surface area (Å²) >= 11 is 0. The van der Waals surface area contributed by atoms with E-state index in [4.69, 9.17) is 14.4 Å². The Bertz CT molecular complexity index is 59.1. The van der Waals surface area contributed by atoms with Crippen LogP contribution >= 0.6 is 7.91 Å². The summed E-state index contributed by atoms with van der Waals surface area (Å²) in [5.41, 5.74) is 0. The van der Waals surface area contributed by atoms with E-state index in [-0.39, 0.29) is 42.4 Å². The van der Waals surface area contributed by atoms with Crippen LogP contribution in [-0.4, -0.2) is 42.6 Å². The second-order valence-corrected chi connectivity index (χ2v) is 1.35. The Labute approximate surface area is 68.6 Å². The van der Waals surface area contributed by atoms with Gasteiger partial charge < -0.3 is 14.5 Å². The Hall–Kier alpha value is 1.27. The van der Waals surface area contributed by atoms with Crippen molar-refractivity contribution < 1.29 is 23.3 Å². The molecule has 1 N–H and O–H groups in total. The maximum absolute atomic E-state index is 10.2. The summed E-state index contributed by atoms with van der Waals surface area (Å²) < 4.78 is 18.8. The molecule has 1 atom stereocenters. The van der Waals surface area contributed by atoms with Crippen LogP contribution in [0.4, 0.5) is 4.20 Å². The Morgan fingerprint density at radius 1 is 1.71 bits per heavy atom. The van der Waals surface area contributed by atoms with Gasteiger partial charge in [0, 0.05) is 0 Å². The van der Waals surface area contributed by atoms with Crippen molar-refractivity contribution >= 4 is 45.6 Å². The molecule has 3 nitrogen and oxygen atoms in total. The number of hydrogen-bond acceptors (Lipinski definition) is 2. The average molecular weight is 158 g/mol. The van der Waals surface area contributed by atoms with Gasteiger partial charge in [0.1, 0.15) is 0 Å². The number of halogens is 2. The van der Waals surface area contributed by atoms with Crippen molar-refractivity contribution in [2.75, 3.05) is 0 Å². The van der Waals surface area contributed by atoms with Crippen molar-refractivity contribution in [3.05, 3.63) is 0 Å². The quantitative estimate of drug-likeness (QED) is 0.289. The van der Waals surface area contributed by atoms with E-state index in [1.165, 1.54) is 0 Å². The minimum Gasteiger partial charge on any atom is -1.00 e. The van der Waals surface area contributed by atoms with Crippen LogP contribution in [0, 0.1) is 0 Å². The normalized spacial score (nSPS) is 15.3. The third-order valence-corrected chi connectivity index (χ3v) is 0. The van der Waals surface area contributed by atoms with E-state index in [9.17, 15) is 4.20 Å². The molecule has 0 rings (SSSR count). The molecular formula is HCaF2O3P. The maximum atomic E-state index is 10.2. The molecular weight excluding hydrogens is 157 g/mol. The first-order chi connectivity index (χ1) is 2.00. The zero-order valence-electron chi connectivity index (χ0n) is 3.17. The molecule has 0 aromatic rings. The molecule has 0 radical (unpaired) electrons. The molecule has 0 heterocycles. The fraction of sp³-hybridized carbons (Fsp3) is 0. The van der Waals surface area contributed by atoms with Crippen LogP contribution in [0.3, 0.4) is 0 Å². The molecule has 0 aliphatic carbocycles. The Morgan fingerprint density at radius 3 is 1.71 bits per heavy atom. The Balaban J connectivity index is -0.0000000800. The zero-order chi connectivity index (χ0) is 4.50. The number of hydrogen-bond donors (Lipinski definition) is 1. The fourth-order valence-corrected chi connectivity index (χ4v) is 0. The van der Waals surface area contributed by atoms with Gasteiger partial charge in [0.25, 0.3) is 0 Å². The van der Waals surface area contributed by atoms with E-state index < -0.39 is 7.91 Å². The molecule has 0 aromatic heterocycles. The molecule has 1 unspecified atom stereocenters. The van der Waals surface area contributed by atoms with E-state index in [0.717, 1.165) is 0 Å². The molecule has 0 aromatic carbocycles. The predicted molar refractivity (Wildman–Crippen MR) is 16.7 cm³/mol. The molecule has 7 heteroatoms. The summed E-state index contributed by atoms with van der Waals surface area (Å²) in [5.74, 6) is 0. The van der Waals surface area contributed by atoms with Crippen molar-refractivity contribution in [3.63, 3.8) is 0 Å². The van der Waals surface area contributed by atoms with Crippen molar-refractivity contribution in [1.82, 2.24) is 0 Å². The van der Waals surface area contributed by atoms with Crippen LogP contribution in [0.1, 0.15) is 0 Å². The van der Waals surface area contributed by atoms with Gasteiger partial charge in [-0.2, -0.15) is 4.20 Å². The average Bonchev–Trinajstić information content (AvgIpc) is 0.722. The first-order valence-electron chi connectivity index (χ1n) is 0.734. The van der Waals surface area contributed by atoms with Gasteiger partial charge in [0.05, 0.1) is 0 Å². The van der Waals surface area contributed by atoms with Crippen molar-refractivity contribution in [3.8, 4) is 0 Å². The number of rotatable bonds is 0.